The fraction of sp³-hybridized carbons (Fsp3) is 0.286. The molecule has 7 rings (SSSR count). The zero-order valence-corrected chi connectivity index (χ0v) is 21.2. The minimum Gasteiger partial charge on any atom is -0.343 e. The van der Waals surface area contributed by atoms with E-state index < -0.39 is 23.6 Å². The molecule has 4 amide bonds. The summed E-state index contributed by atoms with van der Waals surface area (Å²) in [6.45, 7) is 0.542. The molecular weight excluding hydrogens is 525 g/mol. The van der Waals surface area contributed by atoms with E-state index in [1.165, 1.54) is 34.2 Å². The van der Waals surface area contributed by atoms with E-state index in [1.807, 2.05) is 10.6 Å². The number of alkyl halides is 2. The van der Waals surface area contributed by atoms with Crippen molar-refractivity contribution in [1.29, 1.82) is 0 Å². The summed E-state index contributed by atoms with van der Waals surface area (Å²) in [7, 11) is 0. The monoisotopic (exact) mass is 548 g/mol. The van der Waals surface area contributed by atoms with E-state index in [2.05, 4.69) is 4.98 Å². The minimum absolute atomic E-state index is 0.0433. The number of nitrogens with zero attached hydrogens (tertiary/aromatic N) is 6. The number of fused-ring (bicyclic) bond motifs is 1. The molecule has 3 aliphatic heterocycles. The number of benzene rings is 1. The molecule has 0 aliphatic carbocycles. The highest BCUT2D eigenvalue weighted by atomic mass is 19.3. The van der Waals surface area contributed by atoms with E-state index in [4.69, 9.17) is 0 Å². The normalized spacial score (nSPS) is 19.1. The first-order chi connectivity index (χ1) is 19.2. The number of anilines is 1. The van der Waals surface area contributed by atoms with Crippen LogP contribution in [0.1, 0.15) is 24.1 Å². The maximum atomic E-state index is 14.9. The second-order valence-corrected chi connectivity index (χ2v) is 10.3. The molecule has 3 aliphatic rings. The second kappa shape index (κ2) is 8.70. The van der Waals surface area contributed by atoms with E-state index in [0.29, 0.717) is 34.4 Å². The van der Waals surface area contributed by atoms with Crippen LogP contribution in [0.3, 0.4) is 0 Å². The predicted octanol–water partition coefficient (Wildman–Crippen LogP) is 4.05. The smallest absolute Gasteiger partial charge is 0.320 e. The lowest BCUT2D eigenvalue weighted by molar-refractivity contribution is -0.119. The van der Waals surface area contributed by atoms with E-state index in [0.717, 1.165) is 4.90 Å². The Balaban J connectivity index is 1.22. The van der Waals surface area contributed by atoms with Crippen molar-refractivity contribution in [3.63, 3.8) is 0 Å². The van der Waals surface area contributed by atoms with Gasteiger partial charge >= 0.3 is 6.03 Å². The molecule has 4 aromatic rings. The Hall–Kier alpha value is -4.61. The van der Waals surface area contributed by atoms with Gasteiger partial charge in [0, 0.05) is 69.4 Å². The van der Waals surface area contributed by atoms with Gasteiger partial charge in [-0.1, -0.05) is 6.07 Å². The minimum atomic E-state index is -2.77. The summed E-state index contributed by atoms with van der Waals surface area (Å²) in [6, 6.07) is 7.64. The Morgan fingerprint density at radius 1 is 1.00 bits per heavy atom. The van der Waals surface area contributed by atoms with Gasteiger partial charge < -0.3 is 14.4 Å². The average molecular weight is 549 g/mol. The van der Waals surface area contributed by atoms with Gasteiger partial charge in [-0.15, -0.1) is 0 Å². The summed E-state index contributed by atoms with van der Waals surface area (Å²) in [4.78, 5) is 48.2. The lowest BCUT2D eigenvalue weighted by Crippen LogP contribution is -2.49. The third kappa shape index (κ3) is 3.77. The van der Waals surface area contributed by atoms with Gasteiger partial charge in [-0.2, -0.15) is 0 Å². The van der Waals surface area contributed by atoms with Crippen LogP contribution >= 0.6 is 0 Å². The Bertz CT molecular complexity index is 1760. The van der Waals surface area contributed by atoms with E-state index >= 15 is 0 Å². The molecule has 0 saturated carbocycles. The zero-order valence-electron chi connectivity index (χ0n) is 21.2. The van der Waals surface area contributed by atoms with Crippen molar-refractivity contribution < 1.29 is 27.6 Å². The molecular formula is C28H23F3N6O3. The molecule has 9 nitrogen and oxygen atoms in total. The largest absolute Gasteiger partial charge is 0.343 e. The fourth-order valence-electron chi connectivity index (χ4n) is 5.86. The number of halogens is 3. The highest BCUT2D eigenvalue weighted by Gasteiger charge is 2.39. The number of hydrogen-bond donors (Lipinski definition) is 0. The molecule has 0 unspecified atom stereocenters. The van der Waals surface area contributed by atoms with Crippen LogP contribution in [-0.2, 0) is 22.7 Å². The Morgan fingerprint density at radius 3 is 2.60 bits per heavy atom. The third-order valence-electron chi connectivity index (χ3n) is 7.86. The first kappa shape index (κ1) is 24.4. The molecule has 1 fully saturated rings. The van der Waals surface area contributed by atoms with Crippen molar-refractivity contribution in [2.24, 2.45) is 0 Å². The van der Waals surface area contributed by atoms with Crippen molar-refractivity contribution in [2.45, 2.75) is 31.9 Å². The Morgan fingerprint density at radius 2 is 1.80 bits per heavy atom. The van der Waals surface area contributed by atoms with Crippen molar-refractivity contribution in [2.75, 3.05) is 24.5 Å². The molecule has 0 bridgehead atoms. The van der Waals surface area contributed by atoms with Crippen LogP contribution in [0.5, 0.6) is 0 Å². The number of piperidine rings is 1. The van der Waals surface area contributed by atoms with Crippen LogP contribution in [0.25, 0.3) is 22.1 Å². The van der Waals surface area contributed by atoms with Crippen molar-refractivity contribution in [3.8, 4) is 0 Å². The van der Waals surface area contributed by atoms with E-state index in [-0.39, 0.29) is 56.3 Å². The molecule has 0 atom stereocenters. The molecule has 1 aromatic carbocycles. The molecule has 1 saturated heterocycles. The van der Waals surface area contributed by atoms with Crippen LogP contribution in [0.2, 0.25) is 0 Å². The van der Waals surface area contributed by atoms with Gasteiger partial charge in [0.2, 0.25) is 0 Å². The van der Waals surface area contributed by atoms with Gasteiger partial charge in [0.15, 0.2) is 0 Å². The summed E-state index contributed by atoms with van der Waals surface area (Å²) in [5.41, 5.74) is 2.64. The molecule has 40 heavy (non-hydrogen) atoms. The first-order valence-corrected chi connectivity index (χ1v) is 13.0. The van der Waals surface area contributed by atoms with Crippen LogP contribution in [0.15, 0.2) is 55.0 Å². The summed E-state index contributed by atoms with van der Waals surface area (Å²) in [5, 5.41) is 0.372. The SMILES string of the molecule is O=C(N1CCC(F)(F)CC1)N1CCn2cc(N3C(=O)C=C(c4cnc5ccccn45)C3=O)c3cc(F)cc(c32)C1. The van der Waals surface area contributed by atoms with Gasteiger partial charge in [0.25, 0.3) is 17.7 Å². The summed E-state index contributed by atoms with van der Waals surface area (Å²) >= 11 is 0. The van der Waals surface area contributed by atoms with E-state index in [9.17, 15) is 27.6 Å². The van der Waals surface area contributed by atoms with Crippen molar-refractivity contribution in [1.82, 2.24) is 23.8 Å². The predicted molar refractivity (Wildman–Crippen MR) is 139 cm³/mol. The summed E-state index contributed by atoms with van der Waals surface area (Å²) in [6.07, 6.45) is 5.40. The van der Waals surface area contributed by atoms with Crippen LogP contribution < -0.4 is 4.90 Å². The Labute approximate surface area is 225 Å². The number of amides is 4. The number of hydrogen-bond acceptors (Lipinski definition) is 4. The standard InChI is InChI=1S/C28H23F3N6O3/c29-18-11-17-15-35(27(40)33-7-4-28(30,31)5-8-33)10-9-34-16-22(19(12-18)25(17)34)37-24(38)13-20(26(37)39)21-14-32-23-3-1-2-6-36(21)23/h1-3,6,11-14,16H,4-5,7-10,15H2. The van der Waals surface area contributed by atoms with Crippen molar-refractivity contribution >= 4 is 45.7 Å². The maximum absolute atomic E-state index is 14.9. The van der Waals surface area contributed by atoms with Crippen LogP contribution in [0.4, 0.5) is 23.7 Å². The number of likely N-dealkylation sites (tertiary alicyclic amines) is 1. The number of carbonyl (C=O) groups is 3. The number of aromatic nitrogens is 3. The number of pyridine rings is 1. The molecule has 0 N–H and O–H groups in total. The molecule has 12 heteroatoms. The Kier molecular flexibility index (Phi) is 5.31. The van der Waals surface area contributed by atoms with E-state index in [1.54, 1.807) is 28.9 Å². The fourth-order valence-corrected chi connectivity index (χ4v) is 5.86. The van der Waals surface area contributed by atoms with Crippen molar-refractivity contribution in [3.05, 3.63) is 72.1 Å². The molecule has 3 aromatic heterocycles. The third-order valence-corrected chi connectivity index (χ3v) is 7.86. The second-order valence-electron chi connectivity index (χ2n) is 10.3. The number of rotatable bonds is 2. The van der Waals surface area contributed by atoms with Crippen LogP contribution in [-0.4, -0.2) is 67.2 Å². The number of imide groups is 1. The van der Waals surface area contributed by atoms with Gasteiger partial charge in [0.1, 0.15) is 11.5 Å². The summed E-state index contributed by atoms with van der Waals surface area (Å²) in [5.74, 6) is -4.45. The molecule has 204 valence electrons. The highest BCUT2D eigenvalue weighted by Crippen LogP contribution is 2.38. The first-order valence-electron chi connectivity index (χ1n) is 13.0. The lowest BCUT2D eigenvalue weighted by atomic mass is 10.1. The average Bonchev–Trinajstić information content (AvgIpc) is 3.54. The quantitative estimate of drug-likeness (QED) is 0.354. The molecule has 0 radical (unpaired) electrons. The number of carbonyl (C=O) groups excluding carboxylic acids is 3. The van der Waals surface area contributed by atoms with Gasteiger partial charge in [-0.3, -0.25) is 14.0 Å². The van der Waals surface area contributed by atoms with Gasteiger partial charge in [0.05, 0.1) is 28.7 Å². The maximum Gasteiger partial charge on any atom is 0.320 e. The highest BCUT2D eigenvalue weighted by molar-refractivity contribution is 6.44. The summed E-state index contributed by atoms with van der Waals surface area (Å²) < 4.78 is 45.7. The molecule has 0 spiro atoms. The molecule has 6 heterocycles. The number of urea groups is 1. The zero-order chi connectivity index (χ0) is 27.8. The van der Waals surface area contributed by atoms with Gasteiger partial charge in [-0.05, 0) is 29.8 Å². The number of imidazole rings is 1. The lowest BCUT2D eigenvalue weighted by Gasteiger charge is -2.35. The van der Waals surface area contributed by atoms with Crippen LogP contribution in [0, 0.1) is 5.82 Å². The topological polar surface area (TPSA) is 83.2 Å². The van der Waals surface area contributed by atoms with Gasteiger partial charge in [-0.25, -0.2) is 27.8 Å².